The predicted molar refractivity (Wildman–Crippen MR) is 85.3 cm³/mol. The Bertz CT molecular complexity index is 464. The molecule has 0 bridgehead atoms. The third kappa shape index (κ3) is 3.69. The molecule has 0 radical (unpaired) electrons. The van der Waals surface area contributed by atoms with Gasteiger partial charge in [-0.15, -0.1) is 0 Å². The van der Waals surface area contributed by atoms with E-state index >= 15 is 0 Å². The zero-order valence-electron chi connectivity index (χ0n) is 13.6. The van der Waals surface area contributed by atoms with Gasteiger partial charge < -0.3 is 9.47 Å². The summed E-state index contributed by atoms with van der Waals surface area (Å²) in [5.74, 6) is 8.04. The molecule has 1 atom stereocenters. The SMILES string of the molecule is COc1ccc(C(NN)C2CCC(C)(C)CC2)c(OC)c1. The fourth-order valence-corrected chi connectivity index (χ4v) is 3.31. The van der Waals surface area contributed by atoms with Crippen molar-refractivity contribution >= 4 is 0 Å². The van der Waals surface area contributed by atoms with Gasteiger partial charge in [-0.3, -0.25) is 11.3 Å². The molecule has 0 spiro atoms. The van der Waals surface area contributed by atoms with Crippen LogP contribution in [0, 0.1) is 11.3 Å². The molecule has 21 heavy (non-hydrogen) atoms. The number of benzene rings is 1. The van der Waals surface area contributed by atoms with Gasteiger partial charge in [0.1, 0.15) is 11.5 Å². The minimum Gasteiger partial charge on any atom is -0.497 e. The Morgan fingerprint density at radius 3 is 2.38 bits per heavy atom. The van der Waals surface area contributed by atoms with Gasteiger partial charge in [-0.1, -0.05) is 19.9 Å². The summed E-state index contributed by atoms with van der Waals surface area (Å²) >= 11 is 0. The largest absolute Gasteiger partial charge is 0.497 e. The summed E-state index contributed by atoms with van der Waals surface area (Å²) in [6.07, 6.45) is 4.87. The Kier molecular flexibility index (Phi) is 5.12. The van der Waals surface area contributed by atoms with Crippen LogP contribution in [0.5, 0.6) is 11.5 Å². The number of hydrogen-bond acceptors (Lipinski definition) is 4. The Hall–Kier alpha value is -1.26. The molecule has 0 saturated heterocycles. The molecule has 0 aromatic heterocycles. The number of nitrogens with two attached hydrogens (primary N) is 1. The number of methoxy groups -OCH3 is 2. The van der Waals surface area contributed by atoms with Crippen LogP contribution >= 0.6 is 0 Å². The average molecular weight is 292 g/mol. The Morgan fingerprint density at radius 2 is 1.86 bits per heavy atom. The predicted octanol–water partition coefficient (Wildman–Crippen LogP) is 3.42. The lowest BCUT2D eigenvalue weighted by Crippen LogP contribution is -2.36. The minimum atomic E-state index is 0.127. The lowest BCUT2D eigenvalue weighted by Gasteiger charge is -2.38. The number of ether oxygens (including phenoxy) is 2. The van der Waals surface area contributed by atoms with Crippen molar-refractivity contribution in [2.24, 2.45) is 17.2 Å². The van der Waals surface area contributed by atoms with E-state index in [1.807, 2.05) is 12.1 Å². The van der Waals surface area contributed by atoms with Crippen molar-refractivity contribution in [2.45, 2.75) is 45.6 Å². The first-order chi connectivity index (χ1) is 10.0. The average Bonchev–Trinajstić information content (AvgIpc) is 2.49. The van der Waals surface area contributed by atoms with Crippen LogP contribution in [-0.2, 0) is 0 Å². The molecule has 1 aliphatic carbocycles. The first kappa shape index (κ1) is 16.1. The fourth-order valence-electron chi connectivity index (χ4n) is 3.31. The smallest absolute Gasteiger partial charge is 0.127 e. The lowest BCUT2D eigenvalue weighted by atomic mass is 9.70. The second-order valence-corrected chi connectivity index (χ2v) is 6.75. The molecule has 0 heterocycles. The maximum Gasteiger partial charge on any atom is 0.127 e. The lowest BCUT2D eigenvalue weighted by molar-refractivity contribution is 0.160. The molecule has 4 heteroatoms. The third-order valence-corrected chi connectivity index (χ3v) is 4.81. The maximum atomic E-state index is 5.86. The van der Waals surface area contributed by atoms with Crippen LogP contribution in [-0.4, -0.2) is 14.2 Å². The van der Waals surface area contributed by atoms with Crippen LogP contribution in [0.25, 0.3) is 0 Å². The van der Waals surface area contributed by atoms with Gasteiger partial charge in [-0.05, 0) is 43.1 Å². The highest BCUT2D eigenvalue weighted by Crippen LogP contribution is 2.44. The topological polar surface area (TPSA) is 56.5 Å². The molecule has 1 saturated carbocycles. The van der Waals surface area contributed by atoms with Crippen LogP contribution in [0.1, 0.15) is 51.1 Å². The molecular weight excluding hydrogens is 264 g/mol. The van der Waals surface area contributed by atoms with Crippen LogP contribution < -0.4 is 20.7 Å². The number of rotatable bonds is 5. The summed E-state index contributed by atoms with van der Waals surface area (Å²) in [6.45, 7) is 4.70. The van der Waals surface area contributed by atoms with Crippen LogP contribution in [0.3, 0.4) is 0 Å². The van der Waals surface area contributed by atoms with Crippen molar-refractivity contribution in [3.63, 3.8) is 0 Å². The summed E-state index contributed by atoms with van der Waals surface area (Å²) in [7, 11) is 3.35. The van der Waals surface area contributed by atoms with Gasteiger partial charge in [0.05, 0.1) is 20.3 Å². The molecule has 3 N–H and O–H groups in total. The van der Waals surface area contributed by atoms with E-state index in [2.05, 4.69) is 25.3 Å². The van der Waals surface area contributed by atoms with Gasteiger partial charge in [0, 0.05) is 11.6 Å². The molecule has 1 aromatic rings. The molecule has 1 aromatic carbocycles. The van der Waals surface area contributed by atoms with E-state index in [1.165, 1.54) is 25.7 Å². The molecule has 1 fully saturated rings. The van der Waals surface area contributed by atoms with Gasteiger partial charge in [0.25, 0.3) is 0 Å². The summed E-state index contributed by atoms with van der Waals surface area (Å²) in [4.78, 5) is 0. The second-order valence-electron chi connectivity index (χ2n) is 6.75. The monoisotopic (exact) mass is 292 g/mol. The zero-order chi connectivity index (χ0) is 15.5. The van der Waals surface area contributed by atoms with Gasteiger partial charge in [-0.25, -0.2) is 0 Å². The molecule has 118 valence electrons. The van der Waals surface area contributed by atoms with E-state index in [0.717, 1.165) is 17.1 Å². The molecule has 0 aliphatic heterocycles. The van der Waals surface area contributed by atoms with Gasteiger partial charge in [-0.2, -0.15) is 0 Å². The second kappa shape index (κ2) is 6.67. The number of hydrogen-bond donors (Lipinski definition) is 2. The van der Waals surface area contributed by atoms with Crippen molar-refractivity contribution in [2.75, 3.05) is 14.2 Å². The van der Waals surface area contributed by atoms with Gasteiger partial charge in [0.15, 0.2) is 0 Å². The van der Waals surface area contributed by atoms with Crippen molar-refractivity contribution < 1.29 is 9.47 Å². The first-order valence-corrected chi connectivity index (χ1v) is 7.69. The van der Waals surface area contributed by atoms with Crippen molar-refractivity contribution in [3.8, 4) is 11.5 Å². The van der Waals surface area contributed by atoms with Crippen LogP contribution in [0.2, 0.25) is 0 Å². The van der Waals surface area contributed by atoms with Crippen LogP contribution in [0.4, 0.5) is 0 Å². The third-order valence-electron chi connectivity index (χ3n) is 4.81. The highest BCUT2D eigenvalue weighted by atomic mass is 16.5. The Labute approximate surface area is 128 Å². The highest BCUT2D eigenvalue weighted by Gasteiger charge is 2.32. The fraction of sp³-hybridized carbons (Fsp3) is 0.647. The summed E-state index contributed by atoms with van der Waals surface area (Å²) in [5.41, 5.74) is 4.58. The van der Waals surface area contributed by atoms with E-state index in [-0.39, 0.29) is 6.04 Å². The van der Waals surface area contributed by atoms with E-state index in [4.69, 9.17) is 15.3 Å². The molecular formula is C17H28N2O2. The van der Waals surface area contributed by atoms with Crippen molar-refractivity contribution in [1.29, 1.82) is 0 Å². The summed E-state index contributed by atoms with van der Waals surface area (Å²) in [6, 6.07) is 6.07. The van der Waals surface area contributed by atoms with Crippen molar-refractivity contribution in [1.82, 2.24) is 5.43 Å². The molecule has 1 aliphatic rings. The molecule has 1 unspecified atom stereocenters. The van der Waals surface area contributed by atoms with E-state index in [1.54, 1.807) is 14.2 Å². The van der Waals surface area contributed by atoms with E-state index in [9.17, 15) is 0 Å². The van der Waals surface area contributed by atoms with Gasteiger partial charge in [0.2, 0.25) is 0 Å². The first-order valence-electron chi connectivity index (χ1n) is 7.69. The van der Waals surface area contributed by atoms with E-state index < -0.39 is 0 Å². The summed E-state index contributed by atoms with van der Waals surface area (Å²) in [5, 5.41) is 0. The quantitative estimate of drug-likeness (QED) is 0.645. The van der Waals surface area contributed by atoms with Crippen molar-refractivity contribution in [3.05, 3.63) is 23.8 Å². The maximum absolute atomic E-state index is 5.86. The normalized spacial score (nSPS) is 20.0. The van der Waals surface area contributed by atoms with E-state index in [0.29, 0.717) is 11.3 Å². The molecule has 2 rings (SSSR count). The van der Waals surface area contributed by atoms with Gasteiger partial charge >= 0.3 is 0 Å². The Balaban J connectivity index is 2.21. The summed E-state index contributed by atoms with van der Waals surface area (Å²) < 4.78 is 10.8. The Morgan fingerprint density at radius 1 is 1.19 bits per heavy atom. The number of nitrogens with one attached hydrogen (secondary N) is 1. The standard InChI is InChI=1S/C17H28N2O2/c1-17(2)9-7-12(8-10-17)16(19-18)14-6-5-13(20-3)11-15(14)21-4/h5-6,11-12,16,19H,7-10,18H2,1-4H3. The highest BCUT2D eigenvalue weighted by molar-refractivity contribution is 5.42. The minimum absolute atomic E-state index is 0.127. The zero-order valence-corrected chi connectivity index (χ0v) is 13.6. The molecule has 0 amide bonds. The van der Waals surface area contributed by atoms with Crippen LogP contribution in [0.15, 0.2) is 18.2 Å². The number of hydrazine groups is 1. The molecule has 4 nitrogen and oxygen atoms in total.